The molecule has 0 bridgehead atoms. The van der Waals surface area contributed by atoms with Crippen molar-refractivity contribution in [2.24, 2.45) is 35.5 Å². The maximum Gasteiger partial charge on any atom is -0.0386 e. The van der Waals surface area contributed by atoms with E-state index in [-0.39, 0.29) is 0 Å². The van der Waals surface area contributed by atoms with Gasteiger partial charge in [0.2, 0.25) is 0 Å². The van der Waals surface area contributed by atoms with Crippen LogP contribution in [0.1, 0.15) is 79.1 Å². The zero-order valence-corrected chi connectivity index (χ0v) is 13.1. The van der Waals surface area contributed by atoms with Crippen LogP contribution in [-0.2, 0) is 0 Å². The van der Waals surface area contributed by atoms with Crippen LogP contribution in [0.5, 0.6) is 0 Å². The Hall–Kier alpha value is 0. The van der Waals surface area contributed by atoms with Crippen LogP contribution < -0.4 is 0 Å². The van der Waals surface area contributed by atoms with Crippen molar-refractivity contribution in [3.05, 3.63) is 0 Å². The Kier molecular flexibility index (Phi) is 5.15. The second kappa shape index (κ2) is 6.44. The fourth-order valence-corrected chi connectivity index (χ4v) is 4.64. The third-order valence-electron chi connectivity index (χ3n) is 6.14. The van der Waals surface area contributed by atoms with Crippen LogP contribution in [0.4, 0.5) is 0 Å². The monoisotopic (exact) mass is 250 g/mol. The molecule has 2 aliphatic rings. The normalized spacial score (nSPS) is 46.0. The summed E-state index contributed by atoms with van der Waals surface area (Å²) in [6, 6.07) is 0. The van der Waals surface area contributed by atoms with E-state index in [2.05, 4.69) is 27.7 Å². The van der Waals surface area contributed by atoms with E-state index in [1.807, 2.05) is 0 Å². The molecule has 0 aromatic heterocycles. The van der Waals surface area contributed by atoms with Gasteiger partial charge in [0.1, 0.15) is 0 Å². The summed E-state index contributed by atoms with van der Waals surface area (Å²) in [5.74, 6) is 6.06. The van der Waals surface area contributed by atoms with E-state index in [1.54, 1.807) is 0 Å². The van der Waals surface area contributed by atoms with E-state index in [0.29, 0.717) is 0 Å². The van der Waals surface area contributed by atoms with Crippen LogP contribution >= 0.6 is 0 Å². The zero-order chi connectivity index (χ0) is 13.1. The third-order valence-corrected chi connectivity index (χ3v) is 6.14. The summed E-state index contributed by atoms with van der Waals surface area (Å²) in [5, 5.41) is 0. The minimum absolute atomic E-state index is 0.991. The summed E-state index contributed by atoms with van der Waals surface area (Å²) in [6.07, 6.45) is 12.0. The predicted molar refractivity (Wildman–Crippen MR) is 80.6 cm³/mol. The van der Waals surface area contributed by atoms with Crippen molar-refractivity contribution in [3.63, 3.8) is 0 Å². The highest BCUT2D eigenvalue weighted by atomic mass is 14.3. The lowest BCUT2D eigenvalue weighted by Crippen LogP contribution is -2.25. The van der Waals surface area contributed by atoms with Gasteiger partial charge in [0, 0.05) is 0 Å². The Morgan fingerprint density at radius 3 is 1.94 bits per heavy atom. The van der Waals surface area contributed by atoms with Gasteiger partial charge in [-0.3, -0.25) is 0 Å². The molecule has 2 fully saturated rings. The second-order valence-electron chi connectivity index (χ2n) is 7.89. The molecule has 0 heterocycles. The Morgan fingerprint density at radius 1 is 0.611 bits per heavy atom. The van der Waals surface area contributed by atoms with Crippen LogP contribution in [0.25, 0.3) is 0 Å². The van der Waals surface area contributed by atoms with Crippen molar-refractivity contribution in [2.75, 3.05) is 0 Å². The lowest BCUT2D eigenvalue weighted by atomic mass is 9.69. The third kappa shape index (κ3) is 3.75. The van der Waals surface area contributed by atoms with Crippen LogP contribution in [-0.4, -0.2) is 0 Å². The van der Waals surface area contributed by atoms with Crippen LogP contribution in [0.15, 0.2) is 0 Å². The van der Waals surface area contributed by atoms with E-state index >= 15 is 0 Å². The Morgan fingerprint density at radius 2 is 1.22 bits per heavy atom. The van der Waals surface area contributed by atoms with E-state index in [9.17, 15) is 0 Å². The summed E-state index contributed by atoms with van der Waals surface area (Å²) in [5.41, 5.74) is 0. The first-order valence-corrected chi connectivity index (χ1v) is 8.56. The summed E-state index contributed by atoms with van der Waals surface area (Å²) in [6.45, 7) is 9.91. The molecular weight excluding hydrogens is 216 g/mol. The van der Waals surface area contributed by atoms with Gasteiger partial charge in [-0.2, -0.15) is 0 Å². The molecule has 2 saturated carbocycles. The summed E-state index contributed by atoms with van der Waals surface area (Å²) in [7, 11) is 0. The quantitative estimate of drug-likeness (QED) is 0.584. The molecule has 0 aromatic rings. The molecule has 2 aliphatic carbocycles. The van der Waals surface area contributed by atoms with Gasteiger partial charge in [0.15, 0.2) is 0 Å². The molecule has 2 rings (SSSR count). The summed E-state index contributed by atoms with van der Waals surface area (Å²) >= 11 is 0. The Bertz CT molecular complexity index is 244. The SMILES string of the molecule is CC1CCC(CCC2CC(C)CCC2C)C(C)C1. The van der Waals surface area contributed by atoms with Crippen LogP contribution in [0.3, 0.4) is 0 Å². The van der Waals surface area contributed by atoms with E-state index in [1.165, 1.54) is 51.4 Å². The summed E-state index contributed by atoms with van der Waals surface area (Å²) < 4.78 is 0. The van der Waals surface area contributed by atoms with Crippen molar-refractivity contribution >= 4 is 0 Å². The topological polar surface area (TPSA) is 0 Å². The van der Waals surface area contributed by atoms with Gasteiger partial charge in [-0.1, -0.05) is 47.0 Å². The highest BCUT2D eigenvalue weighted by Crippen LogP contribution is 2.40. The van der Waals surface area contributed by atoms with Gasteiger partial charge in [-0.15, -0.1) is 0 Å². The smallest absolute Gasteiger partial charge is 0.0386 e. The molecule has 0 N–H and O–H groups in total. The zero-order valence-electron chi connectivity index (χ0n) is 13.1. The molecule has 0 aromatic carbocycles. The first-order valence-electron chi connectivity index (χ1n) is 8.56. The molecule has 0 amide bonds. The minimum Gasteiger partial charge on any atom is -0.0625 e. The van der Waals surface area contributed by atoms with E-state index in [4.69, 9.17) is 0 Å². The number of hydrogen-bond donors (Lipinski definition) is 0. The molecule has 6 unspecified atom stereocenters. The molecule has 0 saturated heterocycles. The average Bonchev–Trinajstić information content (AvgIpc) is 2.32. The molecule has 106 valence electrons. The number of rotatable bonds is 3. The van der Waals surface area contributed by atoms with Gasteiger partial charge in [0.25, 0.3) is 0 Å². The predicted octanol–water partition coefficient (Wildman–Crippen LogP) is 5.91. The Labute approximate surface area is 115 Å². The number of hydrogen-bond acceptors (Lipinski definition) is 0. The molecule has 6 atom stereocenters. The van der Waals surface area contributed by atoms with E-state index < -0.39 is 0 Å². The van der Waals surface area contributed by atoms with Gasteiger partial charge >= 0.3 is 0 Å². The molecule has 0 radical (unpaired) electrons. The average molecular weight is 250 g/mol. The standard InChI is InChI=1S/C18H34/c1-13-6-8-17(16(4)11-13)9-10-18-12-14(2)5-7-15(18)3/h13-18H,5-12H2,1-4H3. The lowest BCUT2D eigenvalue weighted by Gasteiger charge is -2.36. The van der Waals surface area contributed by atoms with Gasteiger partial charge in [-0.05, 0) is 67.6 Å². The summed E-state index contributed by atoms with van der Waals surface area (Å²) in [4.78, 5) is 0. The largest absolute Gasteiger partial charge is 0.0625 e. The van der Waals surface area contributed by atoms with Gasteiger partial charge in [-0.25, -0.2) is 0 Å². The van der Waals surface area contributed by atoms with Gasteiger partial charge in [0.05, 0.1) is 0 Å². The van der Waals surface area contributed by atoms with Crippen molar-refractivity contribution in [1.29, 1.82) is 0 Å². The van der Waals surface area contributed by atoms with Crippen molar-refractivity contribution in [3.8, 4) is 0 Å². The maximum atomic E-state index is 2.51. The molecular formula is C18H34. The highest BCUT2D eigenvalue weighted by molar-refractivity contribution is 4.80. The highest BCUT2D eigenvalue weighted by Gasteiger charge is 2.29. The molecule has 0 aliphatic heterocycles. The van der Waals surface area contributed by atoms with Gasteiger partial charge < -0.3 is 0 Å². The van der Waals surface area contributed by atoms with Crippen LogP contribution in [0.2, 0.25) is 0 Å². The molecule has 0 spiro atoms. The first kappa shape index (κ1) is 14.4. The van der Waals surface area contributed by atoms with Crippen molar-refractivity contribution in [1.82, 2.24) is 0 Å². The molecule has 0 heteroatoms. The fraction of sp³-hybridized carbons (Fsp3) is 1.00. The fourth-order valence-electron chi connectivity index (χ4n) is 4.64. The second-order valence-corrected chi connectivity index (χ2v) is 7.89. The lowest BCUT2D eigenvalue weighted by molar-refractivity contribution is 0.147. The van der Waals surface area contributed by atoms with E-state index in [0.717, 1.165) is 35.5 Å². The molecule has 0 nitrogen and oxygen atoms in total. The van der Waals surface area contributed by atoms with Crippen molar-refractivity contribution < 1.29 is 0 Å². The van der Waals surface area contributed by atoms with Crippen LogP contribution in [0, 0.1) is 35.5 Å². The minimum atomic E-state index is 0.991. The molecule has 18 heavy (non-hydrogen) atoms. The maximum absolute atomic E-state index is 2.51. The Balaban J connectivity index is 1.76. The first-order chi connectivity index (χ1) is 8.56. The van der Waals surface area contributed by atoms with Crippen molar-refractivity contribution in [2.45, 2.75) is 79.1 Å².